The van der Waals surface area contributed by atoms with Crippen molar-refractivity contribution in [3.05, 3.63) is 35.4 Å². The molecule has 2 amide bonds. The summed E-state index contributed by atoms with van der Waals surface area (Å²) in [5.74, 6) is -0.923. The number of amides is 2. The zero-order chi connectivity index (χ0) is 53.0. The third-order valence-electron chi connectivity index (χ3n) is 11.8. The molecule has 2 atom stereocenters. The summed E-state index contributed by atoms with van der Waals surface area (Å²) in [6.45, 7) is 6.03. The Morgan fingerprint density at radius 2 is 1.08 bits per heavy atom. The van der Waals surface area contributed by atoms with Crippen molar-refractivity contribution in [2.75, 3.05) is 114 Å². The van der Waals surface area contributed by atoms with E-state index in [0.29, 0.717) is 101 Å². The van der Waals surface area contributed by atoms with Crippen LogP contribution in [0.2, 0.25) is 0 Å². The highest BCUT2D eigenvalue weighted by molar-refractivity contribution is 7.47. The largest absolute Gasteiger partial charge is 0.472 e. The Balaban J connectivity index is 2.15. The molecular weight excluding hydrogens is 948 g/mol. The van der Waals surface area contributed by atoms with E-state index in [4.69, 9.17) is 32.7 Å². The van der Waals surface area contributed by atoms with Crippen LogP contribution in [0.1, 0.15) is 175 Å². The van der Waals surface area contributed by atoms with Crippen LogP contribution in [-0.2, 0) is 51.7 Å². The number of esters is 2. The van der Waals surface area contributed by atoms with Crippen molar-refractivity contribution in [2.24, 2.45) is 0 Å². The van der Waals surface area contributed by atoms with Gasteiger partial charge in [0.1, 0.15) is 32.8 Å². The molecular formula is C53H96N4O14P+. The van der Waals surface area contributed by atoms with Gasteiger partial charge in [0, 0.05) is 56.7 Å². The van der Waals surface area contributed by atoms with Gasteiger partial charge < -0.3 is 43.7 Å². The number of hydrogen-bond acceptors (Lipinski definition) is 14. The molecule has 0 radical (unpaired) electrons. The Bertz CT molecular complexity index is 1600. The summed E-state index contributed by atoms with van der Waals surface area (Å²) in [6, 6.07) is 5.78. The SMILES string of the molecule is CCCCCCCCCCCCCCCC(=O)OCC(COP(=O)(O)OCC[N+](C)(C)C)N(C)COC(=O)CCCCCCCC(=O)NCCCOCCOCCOCCCNC(=O)c1ccc(C=O)cc1. The molecule has 1 aromatic carbocycles. The Morgan fingerprint density at radius 3 is 1.60 bits per heavy atom. The quantitative estimate of drug-likeness (QED) is 0.0139. The summed E-state index contributed by atoms with van der Waals surface area (Å²) >= 11 is 0. The normalized spacial score (nSPS) is 12.9. The second kappa shape index (κ2) is 44.0. The number of phosphoric acid groups is 1. The summed E-state index contributed by atoms with van der Waals surface area (Å²) in [4.78, 5) is 72.3. The number of nitrogens with one attached hydrogen (secondary N) is 2. The third-order valence-corrected chi connectivity index (χ3v) is 12.8. The number of benzene rings is 1. The number of nitrogens with zero attached hydrogens (tertiary/aromatic N) is 2. The highest BCUT2D eigenvalue weighted by atomic mass is 31.2. The van der Waals surface area contributed by atoms with E-state index < -0.39 is 13.9 Å². The summed E-state index contributed by atoms with van der Waals surface area (Å²) < 4.78 is 51.4. The molecule has 0 aliphatic rings. The zero-order valence-corrected chi connectivity index (χ0v) is 45.9. The fourth-order valence-corrected chi connectivity index (χ4v) is 7.91. The zero-order valence-electron chi connectivity index (χ0n) is 45.0. The number of hydrogen-bond donors (Lipinski definition) is 3. The fraction of sp³-hybridized carbons (Fsp3) is 0.792. The van der Waals surface area contributed by atoms with Gasteiger partial charge in [0.05, 0.1) is 60.2 Å². The van der Waals surface area contributed by atoms with Gasteiger partial charge in [-0.2, -0.15) is 0 Å². The molecule has 416 valence electrons. The van der Waals surface area contributed by atoms with E-state index in [1.54, 1.807) is 36.2 Å². The van der Waals surface area contributed by atoms with Crippen LogP contribution in [0, 0.1) is 0 Å². The van der Waals surface area contributed by atoms with Crippen molar-refractivity contribution >= 4 is 37.9 Å². The van der Waals surface area contributed by atoms with Crippen LogP contribution in [0.5, 0.6) is 0 Å². The van der Waals surface area contributed by atoms with E-state index in [1.165, 1.54) is 64.2 Å². The summed E-state index contributed by atoms with van der Waals surface area (Å²) in [5.41, 5.74) is 1.03. The number of carbonyl (C=O) groups is 5. The van der Waals surface area contributed by atoms with Crippen molar-refractivity contribution in [1.29, 1.82) is 0 Å². The number of unbranched alkanes of at least 4 members (excludes halogenated alkanes) is 16. The van der Waals surface area contributed by atoms with Gasteiger partial charge in [0.2, 0.25) is 5.91 Å². The molecule has 19 heteroatoms. The minimum Gasteiger partial charge on any atom is -0.464 e. The first kappa shape index (κ1) is 66.7. The number of quaternary nitrogens is 1. The Hall–Kier alpha value is -3.32. The minimum atomic E-state index is -4.39. The van der Waals surface area contributed by atoms with Crippen LogP contribution in [0.4, 0.5) is 0 Å². The molecule has 0 fully saturated rings. The average molecular weight is 1040 g/mol. The molecule has 18 nitrogen and oxygen atoms in total. The van der Waals surface area contributed by atoms with Gasteiger partial charge >= 0.3 is 19.8 Å². The molecule has 0 spiro atoms. The maximum atomic E-state index is 12.7. The molecule has 1 rings (SSSR count). The standard InChI is InChI=1S/C53H95N4O14P/c1-6-7-8-9-10-11-12-13-14-15-16-19-22-27-51(60)68-44-49(45-71-72(63,64)70-38-35-57(3,4)5)56(2)46-69-52(61)28-23-20-17-18-21-26-50(59)54-33-24-36-65-39-41-67-42-40-66-37-25-34-55-53(62)48-31-29-47(43-58)30-32-48/h29-32,43,49H,6-28,33-42,44-46H2,1-5H3,(H2-,54,55,59,62,63,64)/p+1. The first-order valence-electron chi connectivity index (χ1n) is 26.9. The second-order valence-corrected chi connectivity index (χ2v) is 21.0. The summed E-state index contributed by atoms with van der Waals surface area (Å²) in [7, 11) is 3.10. The van der Waals surface area contributed by atoms with Gasteiger partial charge in [-0.15, -0.1) is 0 Å². The monoisotopic (exact) mass is 1040 g/mol. The lowest BCUT2D eigenvalue weighted by Gasteiger charge is -2.28. The van der Waals surface area contributed by atoms with Crippen molar-refractivity contribution in [3.8, 4) is 0 Å². The molecule has 3 N–H and O–H groups in total. The first-order valence-corrected chi connectivity index (χ1v) is 28.4. The van der Waals surface area contributed by atoms with E-state index in [0.717, 1.165) is 51.2 Å². The van der Waals surface area contributed by atoms with Crippen LogP contribution in [0.15, 0.2) is 24.3 Å². The number of likely N-dealkylation sites (N-methyl/N-ethyl adjacent to an activating group) is 2. The third kappa shape index (κ3) is 41.1. The molecule has 0 aromatic heterocycles. The van der Waals surface area contributed by atoms with Gasteiger partial charge in [0.25, 0.3) is 5.91 Å². The first-order chi connectivity index (χ1) is 34.7. The number of carbonyl (C=O) groups excluding carboxylic acids is 5. The van der Waals surface area contributed by atoms with Gasteiger partial charge in [-0.3, -0.25) is 37.9 Å². The lowest BCUT2D eigenvalue weighted by atomic mass is 10.0. The highest BCUT2D eigenvalue weighted by Crippen LogP contribution is 2.43. The smallest absolute Gasteiger partial charge is 0.464 e. The van der Waals surface area contributed by atoms with Gasteiger partial charge in [0.15, 0.2) is 0 Å². The van der Waals surface area contributed by atoms with E-state index >= 15 is 0 Å². The topological polar surface area (TPSA) is 215 Å². The number of aldehydes is 1. The van der Waals surface area contributed by atoms with Gasteiger partial charge in [-0.05, 0) is 51.3 Å². The molecule has 0 aliphatic heterocycles. The van der Waals surface area contributed by atoms with Crippen LogP contribution >= 0.6 is 7.82 Å². The maximum absolute atomic E-state index is 12.7. The molecule has 0 bridgehead atoms. The van der Waals surface area contributed by atoms with E-state index in [9.17, 15) is 33.4 Å². The van der Waals surface area contributed by atoms with Crippen LogP contribution in [-0.4, -0.2) is 164 Å². The Morgan fingerprint density at radius 1 is 0.611 bits per heavy atom. The summed E-state index contributed by atoms with van der Waals surface area (Å²) in [6.07, 6.45) is 22.7. The molecule has 0 saturated carbocycles. The molecule has 0 saturated heterocycles. The van der Waals surface area contributed by atoms with Gasteiger partial charge in [-0.1, -0.05) is 115 Å². The van der Waals surface area contributed by atoms with E-state index in [2.05, 4.69) is 17.6 Å². The molecule has 0 heterocycles. The average Bonchev–Trinajstić information content (AvgIpc) is 3.34. The van der Waals surface area contributed by atoms with Crippen molar-refractivity contribution < 1.29 is 70.6 Å². The van der Waals surface area contributed by atoms with E-state index in [-0.39, 0.29) is 63.1 Å². The van der Waals surface area contributed by atoms with E-state index in [1.807, 2.05) is 21.1 Å². The Kier molecular flexibility index (Phi) is 40.8. The second-order valence-electron chi connectivity index (χ2n) is 19.5. The molecule has 0 aliphatic carbocycles. The van der Waals surface area contributed by atoms with Crippen LogP contribution < -0.4 is 10.6 Å². The Labute approximate surface area is 432 Å². The summed E-state index contributed by atoms with van der Waals surface area (Å²) in [5, 5.41) is 5.74. The highest BCUT2D eigenvalue weighted by Gasteiger charge is 2.27. The molecule has 72 heavy (non-hydrogen) atoms. The van der Waals surface area contributed by atoms with Crippen molar-refractivity contribution in [3.63, 3.8) is 0 Å². The van der Waals surface area contributed by atoms with Crippen LogP contribution in [0.25, 0.3) is 0 Å². The predicted molar refractivity (Wildman–Crippen MR) is 280 cm³/mol. The number of phosphoric ester groups is 1. The lowest BCUT2D eigenvalue weighted by molar-refractivity contribution is -0.870. The van der Waals surface area contributed by atoms with Crippen LogP contribution in [0.3, 0.4) is 0 Å². The molecule has 1 aromatic rings. The van der Waals surface area contributed by atoms with Crippen molar-refractivity contribution in [1.82, 2.24) is 15.5 Å². The fourth-order valence-electron chi connectivity index (χ4n) is 7.16. The van der Waals surface area contributed by atoms with Crippen molar-refractivity contribution in [2.45, 2.75) is 161 Å². The molecule has 2 unspecified atom stereocenters. The van der Waals surface area contributed by atoms with Gasteiger partial charge in [-0.25, -0.2) is 4.57 Å². The lowest BCUT2D eigenvalue weighted by Crippen LogP contribution is -2.41. The number of rotatable bonds is 50. The predicted octanol–water partition coefficient (Wildman–Crippen LogP) is 8.57. The minimum absolute atomic E-state index is 0.00117. The maximum Gasteiger partial charge on any atom is 0.472 e. The number of ether oxygens (including phenoxy) is 5.